The van der Waals surface area contributed by atoms with Crippen LogP contribution in [0.1, 0.15) is 45.5 Å². The summed E-state index contributed by atoms with van der Waals surface area (Å²) in [5.74, 6) is 0. The van der Waals surface area contributed by atoms with Crippen LogP contribution in [0.2, 0.25) is 0 Å². The van der Waals surface area contributed by atoms with Crippen molar-refractivity contribution < 1.29 is 4.74 Å². The molecule has 1 fully saturated rings. The van der Waals surface area contributed by atoms with E-state index in [1.54, 1.807) is 0 Å². The summed E-state index contributed by atoms with van der Waals surface area (Å²) in [7, 11) is 0. The van der Waals surface area contributed by atoms with Crippen molar-refractivity contribution in [1.29, 1.82) is 0 Å². The van der Waals surface area contributed by atoms with Crippen LogP contribution in [0.25, 0.3) is 0 Å². The van der Waals surface area contributed by atoms with Gasteiger partial charge in [0.2, 0.25) is 0 Å². The Hall–Kier alpha value is -0.390. The normalized spacial score (nSPS) is 26.0. The lowest BCUT2D eigenvalue weighted by atomic mass is 9.77. The molecular weight excluding hydrogens is 330 g/mol. The van der Waals surface area contributed by atoms with E-state index in [1.165, 1.54) is 5.69 Å². The third-order valence-corrected chi connectivity index (χ3v) is 5.70. The third-order valence-electron chi connectivity index (χ3n) is 4.66. The molecule has 2 rings (SSSR count). The highest BCUT2D eigenvalue weighted by molar-refractivity contribution is 9.10. The first-order valence-corrected chi connectivity index (χ1v) is 8.75. The molecule has 1 aromatic rings. The molecular formula is C16H28BrN3O. The monoisotopic (exact) mass is 357 g/mol. The van der Waals surface area contributed by atoms with E-state index in [0.29, 0.717) is 6.04 Å². The number of aryl methyl sites for hydroxylation is 2. The molecule has 0 aromatic carbocycles. The molecule has 0 radical (unpaired) electrons. The SMILES string of the molecule is CCn1nc(C)c(Br)c1CC1(CNC(C)C)CCOC1C. The number of nitrogens with one attached hydrogen (secondary N) is 1. The zero-order valence-electron chi connectivity index (χ0n) is 13.9. The number of rotatable bonds is 6. The van der Waals surface area contributed by atoms with Gasteiger partial charge in [0.25, 0.3) is 0 Å². The number of hydrogen-bond acceptors (Lipinski definition) is 3. The van der Waals surface area contributed by atoms with Gasteiger partial charge in [0.15, 0.2) is 0 Å². The van der Waals surface area contributed by atoms with Gasteiger partial charge in [-0.05, 0) is 49.5 Å². The summed E-state index contributed by atoms with van der Waals surface area (Å²) in [6.45, 7) is 13.6. The molecule has 0 amide bonds. The van der Waals surface area contributed by atoms with Gasteiger partial charge in [0.05, 0.1) is 22.0 Å². The largest absolute Gasteiger partial charge is 0.378 e. The molecule has 2 unspecified atom stereocenters. The van der Waals surface area contributed by atoms with Crippen molar-refractivity contribution in [2.75, 3.05) is 13.2 Å². The van der Waals surface area contributed by atoms with Gasteiger partial charge >= 0.3 is 0 Å². The minimum absolute atomic E-state index is 0.159. The van der Waals surface area contributed by atoms with Crippen LogP contribution in [0.5, 0.6) is 0 Å². The molecule has 0 aliphatic carbocycles. The Balaban J connectivity index is 2.27. The maximum atomic E-state index is 5.91. The van der Waals surface area contributed by atoms with Crippen LogP contribution in [0.15, 0.2) is 4.47 Å². The molecule has 1 aromatic heterocycles. The summed E-state index contributed by atoms with van der Waals surface area (Å²) >= 11 is 3.73. The van der Waals surface area contributed by atoms with Crippen LogP contribution in [-0.2, 0) is 17.7 Å². The van der Waals surface area contributed by atoms with Gasteiger partial charge < -0.3 is 10.1 Å². The Morgan fingerprint density at radius 2 is 2.24 bits per heavy atom. The van der Waals surface area contributed by atoms with Crippen molar-refractivity contribution in [3.63, 3.8) is 0 Å². The maximum absolute atomic E-state index is 5.91. The van der Waals surface area contributed by atoms with Crippen molar-refractivity contribution in [2.24, 2.45) is 5.41 Å². The van der Waals surface area contributed by atoms with Crippen LogP contribution in [0.4, 0.5) is 0 Å². The van der Waals surface area contributed by atoms with Crippen LogP contribution in [0.3, 0.4) is 0 Å². The predicted molar refractivity (Wildman–Crippen MR) is 89.6 cm³/mol. The van der Waals surface area contributed by atoms with Crippen LogP contribution in [-0.4, -0.2) is 35.1 Å². The summed E-state index contributed by atoms with van der Waals surface area (Å²) in [5, 5.41) is 8.25. The van der Waals surface area contributed by atoms with E-state index in [4.69, 9.17) is 4.74 Å². The van der Waals surface area contributed by atoms with Crippen LogP contribution < -0.4 is 5.32 Å². The Morgan fingerprint density at radius 1 is 1.52 bits per heavy atom. The Kier molecular flexibility index (Phi) is 5.49. The van der Waals surface area contributed by atoms with Crippen molar-refractivity contribution >= 4 is 15.9 Å². The maximum Gasteiger partial charge on any atom is 0.0738 e. The highest BCUT2D eigenvalue weighted by atomic mass is 79.9. The van der Waals surface area contributed by atoms with Gasteiger partial charge in [-0.1, -0.05) is 13.8 Å². The quantitative estimate of drug-likeness (QED) is 0.848. The highest BCUT2D eigenvalue weighted by Gasteiger charge is 2.42. The average molecular weight is 358 g/mol. The van der Waals surface area contributed by atoms with E-state index in [2.05, 4.69) is 65.6 Å². The first-order valence-electron chi connectivity index (χ1n) is 7.96. The summed E-state index contributed by atoms with van der Waals surface area (Å²) in [5.41, 5.74) is 2.54. The second-order valence-corrected chi connectivity index (χ2v) is 7.29. The summed E-state index contributed by atoms with van der Waals surface area (Å²) < 4.78 is 9.19. The summed E-state index contributed by atoms with van der Waals surface area (Å²) in [6, 6.07) is 0.496. The van der Waals surface area contributed by atoms with Crippen LogP contribution >= 0.6 is 15.9 Å². The van der Waals surface area contributed by atoms with Crippen molar-refractivity contribution in [1.82, 2.24) is 15.1 Å². The summed E-state index contributed by atoms with van der Waals surface area (Å²) in [6.07, 6.45) is 2.38. The third kappa shape index (κ3) is 3.51. The number of ether oxygens (including phenoxy) is 1. The number of aromatic nitrogens is 2. The molecule has 0 saturated carbocycles. The standard InChI is InChI=1S/C16H28BrN3O/c1-6-20-14(15(17)12(4)19-20)9-16(10-18-11(2)3)7-8-21-13(16)5/h11,13,18H,6-10H2,1-5H3. The lowest BCUT2D eigenvalue weighted by Gasteiger charge is -2.33. The molecule has 4 nitrogen and oxygen atoms in total. The molecule has 2 heterocycles. The van der Waals surface area contributed by atoms with E-state index in [-0.39, 0.29) is 11.5 Å². The first kappa shape index (κ1) is 17.0. The Morgan fingerprint density at radius 3 is 2.76 bits per heavy atom. The smallest absolute Gasteiger partial charge is 0.0738 e. The van der Waals surface area contributed by atoms with E-state index < -0.39 is 0 Å². The molecule has 1 aliphatic rings. The van der Waals surface area contributed by atoms with E-state index >= 15 is 0 Å². The zero-order valence-corrected chi connectivity index (χ0v) is 15.5. The molecule has 0 spiro atoms. The van der Waals surface area contributed by atoms with Crippen molar-refractivity contribution in [2.45, 2.75) is 66.2 Å². The molecule has 1 aliphatic heterocycles. The second-order valence-electron chi connectivity index (χ2n) is 6.50. The van der Waals surface area contributed by atoms with E-state index in [9.17, 15) is 0 Å². The fourth-order valence-electron chi connectivity index (χ4n) is 3.12. The lowest BCUT2D eigenvalue weighted by Crippen LogP contribution is -2.43. The van der Waals surface area contributed by atoms with Gasteiger partial charge in [-0.2, -0.15) is 5.10 Å². The number of nitrogens with zero attached hydrogens (tertiary/aromatic N) is 2. The molecule has 120 valence electrons. The lowest BCUT2D eigenvalue weighted by molar-refractivity contribution is 0.0609. The molecule has 0 bridgehead atoms. The van der Waals surface area contributed by atoms with Gasteiger partial charge in [-0.25, -0.2) is 0 Å². The second kappa shape index (κ2) is 6.80. The molecule has 1 saturated heterocycles. The Labute approximate surface area is 136 Å². The molecule has 2 atom stereocenters. The number of halogens is 1. The molecule has 1 N–H and O–H groups in total. The van der Waals surface area contributed by atoms with Gasteiger partial charge in [-0.3, -0.25) is 4.68 Å². The van der Waals surface area contributed by atoms with E-state index in [1.807, 2.05) is 0 Å². The molecule has 5 heteroatoms. The van der Waals surface area contributed by atoms with Crippen molar-refractivity contribution in [3.8, 4) is 0 Å². The number of hydrogen-bond donors (Lipinski definition) is 1. The minimum Gasteiger partial charge on any atom is -0.378 e. The highest BCUT2D eigenvalue weighted by Crippen LogP contribution is 2.39. The minimum atomic E-state index is 0.159. The van der Waals surface area contributed by atoms with Gasteiger partial charge in [0.1, 0.15) is 0 Å². The first-order chi connectivity index (χ1) is 9.89. The molecule has 21 heavy (non-hydrogen) atoms. The fraction of sp³-hybridized carbons (Fsp3) is 0.812. The van der Waals surface area contributed by atoms with Crippen molar-refractivity contribution in [3.05, 3.63) is 15.9 Å². The zero-order chi connectivity index (χ0) is 15.6. The topological polar surface area (TPSA) is 39.1 Å². The average Bonchev–Trinajstić information content (AvgIpc) is 2.92. The van der Waals surface area contributed by atoms with E-state index in [0.717, 1.165) is 42.7 Å². The van der Waals surface area contributed by atoms with Gasteiger partial charge in [0, 0.05) is 31.2 Å². The predicted octanol–water partition coefficient (Wildman–Crippen LogP) is 3.31. The Bertz CT molecular complexity index is 486. The van der Waals surface area contributed by atoms with Gasteiger partial charge in [-0.15, -0.1) is 0 Å². The summed E-state index contributed by atoms with van der Waals surface area (Å²) in [4.78, 5) is 0. The van der Waals surface area contributed by atoms with Crippen LogP contribution in [0, 0.1) is 12.3 Å². The fourth-order valence-corrected chi connectivity index (χ4v) is 3.55.